The second-order valence-corrected chi connectivity index (χ2v) is 3.66. The molecule has 2 heteroatoms. The molecule has 0 saturated carbocycles. The second kappa shape index (κ2) is 3.68. The molecule has 1 heterocycles. The van der Waals surface area contributed by atoms with Crippen molar-refractivity contribution in [1.29, 1.82) is 0 Å². The minimum absolute atomic E-state index is 0.219. The minimum Gasteiger partial charge on any atom is -0.297 e. The molecule has 0 N–H and O–H groups in total. The van der Waals surface area contributed by atoms with Gasteiger partial charge in [0.2, 0.25) is 0 Å². The molecule has 1 fully saturated rings. The van der Waals surface area contributed by atoms with Gasteiger partial charge in [-0.15, -0.1) is 6.42 Å². The molecule has 54 valence electrons. The lowest BCUT2D eigenvalue weighted by Crippen LogP contribution is -2.12. The standard InChI is InChI=1S/C8H10OS/c1-2-4-7(9)8-5-3-6-10-8/h1,8H,3-6H2. The van der Waals surface area contributed by atoms with Gasteiger partial charge in [-0.25, -0.2) is 0 Å². The predicted octanol–water partition coefficient (Wildman–Crippen LogP) is 1.47. The highest BCUT2D eigenvalue weighted by molar-refractivity contribution is 8.00. The van der Waals surface area contributed by atoms with Crippen molar-refractivity contribution in [2.75, 3.05) is 5.75 Å². The first-order valence-electron chi connectivity index (χ1n) is 3.42. The van der Waals surface area contributed by atoms with Gasteiger partial charge >= 0.3 is 0 Å². The van der Waals surface area contributed by atoms with Crippen LogP contribution in [0.15, 0.2) is 0 Å². The SMILES string of the molecule is C#CCC(=O)C1CCCS1. The molecule has 0 aromatic carbocycles. The molecule has 1 unspecified atom stereocenters. The third-order valence-electron chi connectivity index (χ3n) is 1.57. The lowest BCUT2D eigenvalue weighted by atomic mass is 10.1. The van der Waals surface area contributed by atoms with Gasteiger partial charge in [0, 0.05) is 0 Å². The number of hydrogen-bond donors (Lipinski definition) is 0. The van der Waals surface area contributed by atoms with Crippen molar-refractivity contribution >= 4 is 17.5 Å². The van der Waals surface area contributed by atoms with E-state index in [4.69, 9.17) is 6.42 Å². The summed E-state index contributed by atoms with van der Waals surface area (Å²) in [7, 11) is 0. The summed E-state index contributed by atoms with van der Waals surface area (Å²) < 4.78 is 0. The molecule has 0 aromatic rings. The summed E-state index contributed by atoms with van der Waals surface area (Å²) in [5.74, 6) is 3.75. The molecule has 0 aliphatic carbocycles. The lowest BCUT2D eigenvalue weighted by molar-refractivity contribution is -0.117. The van der Waals surface area contributed by atoms with E-state index in [9.17, 15) is 4.79 Å². The van der Waals surface area contributed by atoms with Crippen LogP contribution < -0.4 is 0 Å². The fourth-order valence-electron chi connectivity index (χ4n) is 1.05. The van der Waals surface area contributed by atoms with Crippen LogP contribution in [-0.2, 0) is 4.79 Å². The van der Waals surface area contributed by atoms with Crippen LogP contribution in [0.3, 0.4) is 0 Å². The van der Waals surface area contributed by atoms with Crippen LogP contribution in [0.4, 0.5) is 0 Å². The Balaban J connectivity index is 2.34. The van der Waals surface area contributed by atoms with Crippen LogP contribution in [-0.4, -0.2) is 16.8 Å². The van der Waals surface area contributed by atoms with Gasteiger partial charge in [-0.1, -0.05) is 5.92 Å². The van der Waals surface area contributed by atoms with Gasteiger partial charge < -0.3 is 0 Å². The molecule has 1 nitrogen and oxygen atoms in total. The first-order valence-corrected chi connectivity index (χ1v) is 4.47. The number of carbonyl (C=O) groups is 1. The third kappa shape index (κ3) is 1.78. The summed E-state index contributed by atoms with van der Waals surface area (Å²) in [6.07, 6.45) is 7.54. The zero-order valence-electron chi connectivity index (χ0n) is 5.80. The van der Waals surface area contributed by atoms with E-state index in [0.29, 0.717) is 6.42 Å². The van der Waals surface area contributed by atoms with Gasteiger partial charge in [0.05, 0.1) is 11.7 Å². The number of terminal acetylenes is 1. The Labute approximate surface area is 65.6 Å². The summed E-state index contributed by atoms with van der Waals surface area (Å²) in [5, 5.41) is 0.219. The van der Waals surface area contributed by atoms with Crippen molar-refractivity contribution in [1.82, 2.24) is 0 Å². The maximum Gasteiger partial charge on any atom is 0.157 e. The number of thioether (sulfide) groups is 1. The Morgan fingerprint density at radius 2 is 2.60 bits per heavy atom. The van der Waals surface area contributed by atoms with Crippen LogP contribution in [0.25, 0.3) is 0 Å². The Kier molecular flexibility index (Phi) is 2.82. The molecule has 1 rings (SSSR count). The van der Waals surface area contributed by atoms with Crippen molar-refractivity contribution < 1.29 is 4.79 Å². The first kappa shape index (κ1) is 7.68. The van der Waals surface area contributed by atoms with E-state index in [2.05, 4.69) is 5.92 Å². The third-order valence-corrected chi connectivity index (χ3v) is 2.99. The highest BCUT2D eigenvalue weighted by atomic mass is 32.2. The first-order chi connectivity index (χ1) is 4.84. The molecule has 1 saturated heterocycles. The van der Waals surface area contributed by atoms with Crippen LogP contribution >= 0.6 is 11.8 Å². The zero-order chi connectivity index (χ0) is 7.40. The fourth-order valence-corrected chi connectivity index (χ4v) is 2.27. The summed E-state index contributed by atoms with van der Waals surface area (Å²) in [6, 6.07) is 0. The fraction of sp³-hybridized carbons (Fsp3) is 0.625. The smallest absolute Gasteiger partial charge is 0.157 e. The van der Waals surface area contributed by atoms with Gasteiger partial charge in [0.15, 0.2) is 5.78 Å². The monoisotopic (exact) mass is 154 g/mol. The molecule has 10 heavy (non-hydrogen) atoms. The Morgan fingerprint density at radius 3 is 3.10 bits per heavy atom. The second-order valence-electron chi connectivity index (χ2n) is 2.35. The topological polar surface area (TPSA) is 17.1 Å². The van der Waals surface area contributed by atoms with Crippen molar-refractivity contribution in [2.24, 2.45) is 0 Å². The van der Waals surface area contributed by atoms with Crippen molar-refractivity contribution in [3.8, 4) is 12.3 Å². The quantitative estimate of drug-likeness (QED) is 0.560. The number of carbonyl (C=O) groups excluding carboxylic acids is 1. The Hall–Kier alpha value is -0.420. The lowest BCUT2D eigenvalue weighted by Gasteiger charge is -2.01. The van der Waals surface area contributed by atoms with Crippen LogP contribution in [0, 0.1) is 12.3 Å². The molecule has 0 bridgehead atoms. The van der Waals surface area contributed by atoms with Crippen LogP contribution in [0.1, 0.15) is 19.3 Å². The van der Waals surface area contributed by atoms with Gasteiger partial charge in [-0.3, -0.25) is 4.79 Å². The molecular weight excluding hydrogens is 144 g/mol. The molecule has 1 atom stereocenters. The van der Waals surface area contributed by atoms with Gasteiger partial charge in [0.25, 0.3) is 0 Å². The summed E-state index contributed by atoms with van der Waals surface area (Å²) in [5.41, 5.74) is 0. The van der Waals surface area contributed by atoms with Crippen molar-refractivity contribution in [3.05, 3.63) is 0 Å². The largest absolute Gasteiger partial charge is 0.297 e. The van der Waals surface area contributed by atoms with Crippen molar-refractivity contribution in [2.45, 2.75) is 24.5 Å². The number of ketones is 1. The highest BCUT2D eigenvalue weighted by Crippen LogP contribution is 2.27. The zero-order valence-corrected chi connectivity index (χ0v) is 6.62. The van der Waals surface area contributed by atoms with E-state index in [0.717, 1.165) is 12.2 Å². The van der Waals surface area contributed by atoms with Gasteiger partial charge in [-0.2, -0.15) is 11.8 Å². The molecular formula is C8H10OS. The Bertz CT molecular complexity index is 163. The van der Waals surface area contributed by atoms with E-state index in [1.54, 1.807) is 11.8 Å². The maximum atomic E-state index is 11.1. The summed E-state index contributed by atoms with van der Waals surface area (Å²) >= 11 is 1.75. The Morgan fingerprint density at radius 1 is 1.80 bits per heavy atom. The molecule has 0 amide bonds. The molecule has 1 aliphatic heterocycles. The average Bonchev–Trinajstić information content (AvgIpc) is 2.38. The minimum atomic E-state index is 0.219. The maximum absolute atomic E-state index is 11.1. The van der Waals surface area contributed by atoms with E-state index in [-0.39, 0.29) is 11.0 Å². The van der Waals surface area contributed by atoms with Gasteiger partial charge in [0.1, 0.15) is 0 Å². The highest BCUT2D eigenvalue weighted by Gasteiger charge is 2.21. The molecule has 1 aliphatic rings. The molecule has 0 spiro atoms. The van der Waals surface area contributed by atoms with Crippen LogP contribution in [0.2, 0.25) is 0 Å². The number of Topliss-reactive ketones (excluding diaryl/α,β-unsaturated/α-hetero) is 1. The average molecular weight is 154 g/mol. The summed E-state index contributed by atoms with van der Waals surface area (Å²) in [4.78, 5) is 11.1. The predicted molar refractivity (Wildman–Crippen MR) is 43.9 cm³/mol. The normalized spacial score (nSPS) is 24.1. The molecule has 0 radical (unpaired) electrons. The number of rotatable bonds is 2. The van der Waals surface area contributed by atoms with E-state index < -0.39 is 0 Å². The van der Waals surface area contributed by atoms with Crippen molar-refractivity contribution in [3.63, 3.8) is 0 Å². The summed E-state index contributed by atoms with van der Waals surface area (Å²) in [6.45, 7) is 0. The number of hydrogen-bond acceptors (Lipinski definition) is 2. The molecule has 0 aromatic heterocycles. The van der Waals surface area contributed by atoms with Gasteiger partial charge in [-0.05, 0) is 18.6 Å². The van der Waals surface area contributed by atoms with E-state index in [1.165, 1.54) is 6.42 Å². The van der Waals surface area contributed by atoms with E-state index in [1.807, 2.05) is 0 Å². The van der Waals surface area contributed by atoms with Crippen LogP contribution in [0.5, 0.6) is 0 Å². The van der Waals surface area contributed by atoms with E-state index >= 15 is 0 Å².